The van der Waals surface area contributed by atoms with Gasteiger partial charge in [-0.25, -0.2) is 15.0 Å². The third kappa shape index (κ3) is 4.61. The Bertz CT molecular complexity index is 2820. The molecule has 0 saturated heterocycles. The van der Waals surface area contributed by atoms with Crippen molar-refractivity contribution in [2.75, 3.05) is 0 Å². The number of thiophene rings is 1. The maximum absolute atomic E-state index is 5.04. The van der Waals surface area contributed by atoms with E-state index in [9.17, 15) is 0 Å². The van der Waals surface area contributed by atoms with Gasteiger partial charge in [0.2, 0.25) is 0 Å². The Morgan fingerprint density at radius 2 is 0.816 bits per heavy atom. The van der Waals surface area contributed by atoms with E-state index in [0.717, 1.165) is 16.7 Å². The Morgan fingerprint density at radius 3 is 1.53 bits per heavy atom. The quantitative estimate of drug-likeness (QED) is 0.180. The van der Waals surface area contributed by atoms with Crippen molar-refractivity contribution in [2.45, 2.75) is 0 Å². The first-order valence-corrected chi connectivity index (χ1v) is 17.3. The maximum Gasteiger partial charge on any atom is 0.164 e. The topological polar surface area (TPSA) is 38.7 Å². The summed E-state index contributed by atoms with van der Waals surface area (Å²) in [5.74, 6) is 1.97. The lowest BCUT2D eigenvalue weighted by molar-refractivity contribution is 1.07. The molecule has 228 valence electrons. The van der Waals surface area contributed by atoms with Gasteiger partial charge in [0.05, 0.1) is 0 Å². The zero-order valence-electron chi connectivity index (χ0n) is 26.3. The Hall–Kier alpha value is -6.23. The molecule has 10 aromatic rings. The number of nitrogens with zero attached hydrogens (tertiary/aromatic N) is 3. The van der Waals surface area contributed by atoms with Crippen LogP contribution in [0.15, 0.2) is 164 Å². The van der Waals surface area contributed by atoms with E-state index in [-0.39, 0.29) is 0 Å². The molecule has 0 fully saturated rings. The normalized spacial score (nSPS) is 11.7. The summed E-state index contributed by atoms with van der Waals surface area (Å²) in [6.45, 7) is 0. The minimum Gasteiger partial charge on any atom is -0.208 e. The van der Waals surface area contributed by atoms with E-state index in [2.05, 4.69) is 103 Å². The van der Waals surface area contributed by atoms with Gasteiger partial charge in [0.1, 0.15) is 0 Å². The van der Waals surface area contributed by atoms with Crippen LogP contribution in [-0.2, 0) is 0 Å². The lowest BCUT2D eigenvalue weighted by Crippen LogP contribution is -2.00. The van der Waals surface area contributed by atoms with Crippen LogP contribution in [0.4, 0.5) is 0 Å². The molecule has 2 heterocycles. The summed E-state index contributed by atoms with van der Waals surface area (Å²) in [5.41, 5.74) is 5.33. The molecule has 4 heteroatoms. The summed E-state index contributed by atoms with van der Waals surface area (Å²) in [5, 5.41) is 9.98. The molecule has 0 aliphatic rings. The zero-order chi connectivity index (χ0) is 32.3. The van der Waals surface area contributed by atoms with Gasteiger partial charge in [-0.05, 0) is 61.6 Å². The zero-order valence-corrected chi connectivity index (χ0v) is 27.2. The number of hydrogen-bond acceptors (Lipinski definition) is 4. The minimum absolute atomic E-state index is 0.655. The summed E-state index contributed by atoms with van der Waals surface area (Å²) in [6, 6.07) is 58.1. The van der Waals surface area contributed by atoms with Gasteiger partial charge in [0.15, 0.2) is 17.5 Å². The van der Waals surface area contributed by atoms with E-state index < -0.39 is 0 Å². The molecule has 3 nitrogen and oxygen atoms in total. The predicted molar refractivity (Wildman–Crippen MR) is 207 cm³/mol. The lowest BCUT2D eigenvalue weighted by atomic mass is 9.88. The van der Waals surface area contributed by atoms with Crippen molar-refractivity contribution in [1.29, 1.82) is 0 Å². The van der Waals surface area contributed by atoms with Crippen molar-refractivity contribution < 1.29 is 0 Å². The fraction of sp³-hybridized carbons (Fsp3) is 0. The van der Waals surface area contributed by atoms with Crippen molar-refractivity contribution in [3.8, 4) is 45.3 Å². The third-order valence-electron chi connectivity index (χ3n) is 9.51. The highest BCUT2D eigenvalue weighted by Gasteiger charge is 2.17. The van der Waals surface area contributed by atoms with Gasteiger partial charge in [-0.3, -0.25) is 0 Å². The van der Waals surface area contributed by atoms with Gasteiger partial charge in [-0.15, -0.1) is 11.3 Å². The predicted octanol–water partition coefficient (Wildman–Crippen LogP) is 12.4. The van der Waals surface area contributed by atoms with E-state index in [4.69, 9.17) is 15.0 Å². The molecule has 0 N–H and O–H groups in total. The highest BCUT2D eigenvalue weighted by Crippen LogP contribution is 2.43. The molecule has 0 aliphatic heterocycles. The largest absolute Gasteiger partial charge is 0.208 e. The molecule has 49 heavy (non-hydrogen) atoms. The van der Waals surface area contributed by atoms with Crippen LogP contribution in [0.25, 0.3) is 97.8 Å². The standard InChI is InChI=1S/C45H27N3S/c1-3-12-28(13-4-1)43-46-44(29-14-5-2-6-15-29)48-45(47-43)31-23-25-38-39(26-31)34-17-8-7-16-33(34)37-20-11-19-32(42(37)38)30-22-24-36-35-18-9-10-21-40(35)49-41(36)27-30/h1-27H. The van der Waals surface area contributed by atoms with Crippen LogP contribution < -0.4 is 0 Å². The molecule has 0 unspecified atom stereocenters. The Morgan fingerprint density at radius 1 is 0.306 bits per heavy atom. The number of hydrogen-bond donors (Lipinski definition) is 0. The second-order valence-electron chi connectivity index (χ2n) is 12.4. The molecule has 0 bridgehead atoms. The van der Waals surface area contributed by atoms with E-state index in [1.54, 1.807) is 0 Å². The second-order valence-corrected chi connectivity index (χ2v) is 13.5. The first-order chi connectivity index (χ1) is 24.3. The molecule has 0 saturated carbocycles. The molecular formula is C45H27N3S. The van der Waals surface area contributed by atoms with Crippen LogP contribution in [0.1, 0.15) is 0 Å². The van der Waals surface area contributed by atoms with Crippen LogP contribution in [0, 0.1) is 0 Å². The second kappa shape index (κ2) is 11.2. The van der Waals surface area contributed by atoms with Gasteiger partial charge >= 0.3 is 0 Å². The number of fused-ring (bicyclic) bond motifs is 9. The van der Waals surface area contributed by atoms with Crippen molar-refractivity contribution >= 4 is 63.8 Å². The SMILES string of the molecule is c1ccc(-c2nc(-c3ccccc3)nc(-c3ccc4c(c3)c3ccccc3c3cccc(-c5ccc6c(c5)sc5ccccc56)c34)n2)cc1. The van der Waals surface area contributed by atoms with E-state index in [1.807, 2.05) is 72.0 Å². The molecular weight excluding hydrogens is 615 g/mol. The summed E-state index contributed by atoms with van der Waals surface area (Å²) in [6.07, 6.45) is 0. The molecule has 0 radical (unpaired) electrons. The maximum atomic E-state index is 5.04. The van der Waals surface area contributed by atoms with E-state index >= 15 is 0 Å². The molecule has 0 amide bonds. The van der Waals surface area contributed by atoms with Crippen LogP contribution in [0.2, 0.25) is 0 Å². The number of rotatable bonds is 4. The highest BCUT2D eigenvalue weighted by atomic mass is 32.1. The van der Waals surface area contributed by atoms with E-state index in [1.165, 1.54) is 63.6 Å². The fourth-order valence-corrected chi connectivity index (χ4v) is 8.36. The number of benzene rings is 8. The fourth-order valence-electron chi connectivity index (χ4n) is 7.22. The molecule has 8 aromatic carbocycles. The van der Waals surface area contributed by atoms with E-state index in [0.29, 0.717) is 17.5 Å². The van der Waals surface area contributed by atoms with Gasteiger partial charge < -0.3 is 0 Å². The molecule has 0 spiro atoms. The smallest absolute Gasteiger partial charge is 0.164 e. The third-order valence-corrected chi connectivity index (χ3v) is 10.6. The summed E-state index contributed by atoms with van der Waals surface area (Å²) in [7, 11) is 0. The van der Waals surface area contributed by atoms with Crippen molar-refractivity contribution in [2.24, 2.45) is 0 Å². The van der Waals surface area contributed by atoms with Crippen LogP contribution in [-0.4, -0.2) is 15.0 Å². The molecule has 0 aliphatic carbocycles. The first-order valence-electron chi connectivity index (χ1n) is 16.4. The Balaban J connectivity index is 1.22. The highest BCUT2D eigenvalue weighted by molar-refractivity contribution is 7.25. The molecule has 0 atom stereocenters. The van der Waals surface area contributed by atoms with Gasteiger partial charge in [-0.1, -0.05) is 146 Å². The van der Waals surface area contributed by atoms with Crippen LogP contribution in [0.5, 0.6) is 0 Å². The van der Waals surface area contributed by atoms with Crippen LogP contribution in [0.3, 0.4) is 0 Å². The van der Waals surface area contributed by atoms with Gasteiger partial charge in [0, 0.05) is 36.9 Å². The van der Waals surface area contributed by atoms with Gasteiger partial charge in [0.25, 0.3) is 0 Å². The number of aromatic nitrogens is 3. The first kappa shape index (κ1) is 27.8. The molecule has 10 rings (SSSR count). The molecule has 2 aromatic heterocycles. The average molecular weight is 642 g/mol. The Kier molecular flexibility index (Phi) is 6.36. The van der Waals surface area contributed by atoms with Gasteiger partial charge in [-0.2, -0.15) is 0 Å². The Labute approximate surface area is 286 Å². The van der Waals surface area contributed by atoms with Crippen molar-refractivity contribution in [3.63, 3.8) is 0 Å². The van der Waals surface area contributed by atoms with Crippen molar-refractivity contribution in [1.82, 2.24) is 15.0 Å². The summed E-state index contributed by atoms with van der Waals surface area (Å²) < 4.78 is 2.63. The monoisotopic (exact) mass is 641 g/mol. The summed E-state index contributed by atoms with van der Waals surface area (Å²) >= 11 is 1.86. The summed E-state index contributed by atoms with van der Waals surface area (Å²) in [4.78, 5) is 15.0. The van der Waals surface area contributed by atoms with Crippen LogP contribution >= 0.6 is 11.3 Å². The minimum atomic E-state index is 0.655. The van der Waals surface area contributed by atoms with Crippen molar-refractivity contribution in [3.05, 3.63) is 164 Å². The average Bonchev–Trinajstić information content (AvgIpc) is 3.56. The lowest BCUT2D eigenvalue weighted by Gasteiger charge is -2.15.